The number of para-hydroxylation sites is 1. The largest absolute Gasteiger partial charge is 0.442 e. The van der Waals surface area contributed by atoms with E-state index in [-0.39, 0.29) is 12.0 Å². The minimum atomic E-state index is -1.53. The summed E-state index contributed by atoms with van der Waals surface area (Å²) >= 11 is 0. The van der Waals surface area contributed by atoms with Crippen molar-refractivity contribution >= 4 is 45.4 Å². The minimum absolute atomic E-state index is 0.158. The summed E-state index contributed by atoms with van der Waals surface area (Å²) in [6.07, 6.45) is 2.26. The van der Waals surface area contributed by atoms with E-state index in [1.54, 1.807) is 59.8 Å². The predicted octanol–water partition coefficient (Wildman–Crippen LogP) is 4.15. The molecular formula is C26H23N5O4S. The van der Waals surface area contributed by atoms with Crippen LogP contribution in [0.25, 0.3) is 10.9 Å². The first-order valence-electron chi connectivity index (χ1n) is 11.3. The molecule has 1 atom stereocenters. The van der Waals surface area contributed by atoms with Gasteiger partial charge in [0.25, 0.3) is 5.91 Å². The summed E-state index contributed by atoms with van der Waals surface area (Å²) in [7, 11) is -1.53. The molecule has 4 aromatic rings. The summed E-state index contributed by atoms with van der Waals surface area (Å²) in [5.74, 6) is 0.241. The summed E-state index contributed by atoms with van der Waals surface area (Å²) in [6.45, 7) is 2.47. The number of aromatic nitrogens is 2. The van der Waals surface area contributed by atoms with Gasteiger partial charge < -0.3 is 14.4 Å². The minimum Gasteiger partial charge on any atom is -0.442 e. The first-order valence-corrected chi connectivity index (χ1v) is 12.4. The summed E-state index contributed by atoms with van der Waals surface area (Å²) in [5.41, 5.74) is 2.63. The van der Waals surface area contributed by atoms with Crippen molar-refractivity contribution in [3.05, 3.63) is 90.3 Å². The van der Waals surface area contributed by atoms with Gasteiger partial charge >= 0.3 is 6.09 Å². The first kappa shape index (κ1) is 23.4. The molecule has 5 rings (SSSR count). The lowest BCUT2D eigenvalue weighted by Gasteiger charge is -2.38. The van der Waals surface area contributed by atoms with Gasteiger partial charge in [-0.15, -0.1) is 0 Å². The fourth-order valence-corrected chi connectivity index (χ4v) is 4.96. The maximum Gasteiger partial charge on any atom is 0.413 e. The first-order chi connectivity index (χ1) is 17.5. The van der Waals surface area contributed by atoms with E-state index in [2.05, 4.69) is 20.0 Å². The number of benzene rings is 2. The summed E-state index contributed by atoms with van der Waals surface area (Å²) in [5, 5.41) is 3.47. The molecule has 1 unspecified atom stereocenters. The summed E-state index contributed by atoms with van der Waals surface area (Å²) < 4.78 is 21.4. The molecule has 0 aliphatic carbocycles. The number of hydrogen-bond acceptors (Lipinski definition) is 6. The molecule has 0 bridgehead atoms. The van der Waals surface area contributed by atoms with Crippen LogP contribution in [0.3, 0.4) is 0 Å². The number of pyridine rings is 2. The Morgan fingerprint density at radius 1 is 1.00 bits per heavy atom. The number of rotatable bonds is 6. The number of nitrogens with zero attached hydrogens (tertiary/aromatic N) is 3. The van der Waals surface area contributed by atoms with Crippen LogP contribution in [-0.4, -0.2) is 50.3 Å². The molecule has 9 nitrogen and oxygen atoms in total. The number of hydrogen-bond donors (Lipinski definition) is 2. The lowest BCUT2D eigenvalue weighted by atomic mass is 10.1. The third kappa shape index (κ3) is 5.03. The van der Waals surface area contributed by atoms with Crippen molar-refractivity contribution in [2.24, 2.45) is 0 Å². The number of fused-ring (bicyclic) bond motifs is 1. The van der Waals surface area contributed by atoms with E-state index in [0.717, 1.165) is 10.9 Å². The van der Waals surface area contributed by atoms with E-state index in [1.807, 2.05) is 31.2 Å². The van der Waals surface area contributed by atoms with Crippen LogP contribution in [0.5, 0.6) is 0 Å². The molecule has 10 heteroatoms. The monoisotopic (exact) mass is 501 g/mol. The Morgan fingerprint density at radius 2 is 1.81 bits per heavy atom. The molecule has 2 N–H and O–H groups in total. The van der Waals surface area contributed by atoms with Crippen molar-refractivity contribution in [2.45, 2.75) is 17.9 Å². The number of nitrogens with one attached hydrogen (secondary N) is 2. The number of anilines is 2. The van der Waals surface area contributed by atoms with Crippen molar-refractivity contribution in [1.82, 2.24) is 14.9 Å². The Kier molecular flexibility index (Phi) is 6.59. The maximum atomic E-state index is 13.0. The smallest absolute Gasteiger partial charge is 0.413 e. The van der Waals surface area contributed by atoms with Crippen LogP contribution >= 0.6 is 0 Å². The van der Waals surface area contributed by atoms with Crippen molar-refractivity contribution in [3.8, 4) is 0 Å². The zero-order valence-electron chi connectivity index (χ0n) is 19.4. The molecule has 0 radical (unpaired) electrons. The van der Waals surface area contributed by atoms with Crippen LogP contribution in [0, 0.1) is 6.92 Å². The molecule has 1 fully saturated rings. The molecule has 3 heterocycles. The molecule has 1 aliphatic rings. The molecule has 182 valence electrons. The summed E-state index contributed by atoms with van der Waals surface area (Å²) in [6, 6.07) is 19.7. The third-order valence-corrected chi connectivity index (χ3v) is 6.91. The Morgan fingerprint density at radius 3 is 2.58 bits per heavy atom. The van der Waals surface area contributed by atoms with Gasteiger partial charge in [0.05, 0.1) is 23.5 Å². The van der Waals surface area contributed by atoms with Crippen molar-refractivity contribution in [2.75, 3.05) is 23.1 Å². The quantitative estimate of drug-likeness (QED) is 0.410. The van der Waals surface area contributed by atoms with E-state index >= 15 is 0 Å². The molecule has 36 heavy (non-hydrogen) atoms. The average molecular weight is 502 g/mol. The third-order valence-electron chi connectivity index (χ3n) is 5.78. The van der Waals surface area contributed by atoms with Gasteiger partial charge in [-0.2, -0.15) is 0 Å². The second-order valence-corrected chi connectivity index (χ2v) is 9.49. The number of amides is 2. The van der Waals surface area contributed by atoms with Gasteiger partial charge in [0, 0.05) is 29.0 Å². The van der Waals surface area contributed by atoms with Gasteiger partial charge in [0.2, 0.25) is 0 Å². The Balaban J connectivity index is 1.18. The highest BCUT2D eigenvalue weighted by Crippen LogP contribution is 2.24. The van der Waals surface area contributed by atoms with Crippen molar-refractivity contribution in [1.29, 1.82) is 0 Å². The zero-order valence-corrected chi connectivity index (χ0v) is 20.2. The second kappa shape index (κ2) is 10.1. The van der Waals surface area contributed by atoms with Gasteiger partial charge in [0.15, 0.2) is 11.0 Å². The fraction of sp³-hybridized carbons (Fsp3) is 0.154. The standard InChI is InChI=1S/C26H23N5O4S/c1-17-14-19(25(32)31-15-20(16-31)35-26(33)29-23-9-2-3-12-27-23)10-11-21(17)30-36(34)22-8-4-6-18-7-5-13-28-24(18)22/h2-14,20,30H,15-16H2,1H3,(H,27,29,33). The molecule has 1 aliphatic heterocycles. The highest BCUT2D eigenvalue weighted by atomic mass is 32.2. The van der Waals surface area contributed by atoms with Crippen LogP contribution in [0.15, 0.2) is 84.0 Å². The second-order valence-electron chi connectivity index (χ2n) is 8.31. The van der Waals surface area contributed by atoms with Gasteiger partial charge in [-0.25, -0.2) is 14.0 Å². The van der Waals surface area contributed by atoms with E-state index in [0.29, 0.717) is 40.6 Å². The van der Waals surface area contributed by atoms with E-state index in [9.17, 15) is 13.8 Å². The lowest BCUT2D eigenvalue weighted by molar-refractivity contribution is -0.00207. The predicted molar refractivity (Wildman–Crippen MR) is 137 cm³/mol. The number of carbonyl (C=O) groups excluding carboxylic acids is 2. The van der Waals surface area contributed by atoms with Crippen LogP contribution in [0.4, 0.5) is 16.3 Å². The van der Waals surface area contributed by atoms with Crippen molar-refractivity contribution in [3.63, 3.8) is 0 Å². The number of aryl methyl sites for hydroxylation is 1. The highest BCUT2D eigenvalue weighted by molar-refractivity contribution is 7.86. The molecule has 0 saturated carbocycles. The maximum absolute atomic E-state index is 13.0. The number of likely N-dealkylation sites (tertiary alicyclic amines) is 1. The number of carbonyl (C=O) groups is 2. The molecule has 2 aromatic heterocycles. The van der Waals surface area contributed by atoms with Gasteiger partial charge in [-0.3, -0.25) is 15.1 Å². The van der Waals surface area contributed by atoms with Gasteiger partial charge in [-0.1, -0.05) is 24.3 Å². The topological polar surface area (TPSA) is 114 Å². The molecule has 0 spiro atoms. The molecular weight excluding hydrogens is 478 g/mol. The fourth-order valence-electron chi connectivity index (χ4n) is 3.88. The normalized spacial score (nSPS) is 14.1. The Bertz CT molecular complexity index is 1450. The van der Waals surface area contributed by atoms with Gasteiger partial charge in [-0.05, 0) is 55.0 Å². The van der Waals surface area contributed by atoms with E-state index in [1.165, 1.54) is 0 Å². The summed E-state index contributed by atoms with van der Waals surface area (Å²) in [4.78, 5) is 35.4. The van der Waals surface area contributed by atoms with Crippen LogP contribution < -0.4 is 10.0 Å². The van der Waals surface area contributed by atoms with Crippen LogP contribution in [0.1, 0.15) is 15.9 Å². The molecule has 2 aromatic carbocycles. The van der Waals surface area contributed by atoms with Crippen LogP contribution in [0.2, 0.25) is 0 Å². The highest BCUT2D eigenvalue weighted by Gasteiger charge is 2.34. The zero-order chi connectivity index (χ0) is 25.1. The van der Waals surface area contributed by atoms with Crippen molar-refractivity contribution < 1.29 is 18.5 Å². The molecule has 1 saturated heterocycles. The van der Waals surface area contributed by atoms with E-state index < -0.39 is 17.1 Å². The Hall–Kier alpha value is -4.31. The number of ether oxygens (including phenoxy) is 1. The molecule has 2 amide bonds. The van der Waals surface area contributed by atoms with E-state index in [4.69, 9.17) is 4.74 Å². The Labute approximate surface area is 210 Å². The lowest BCUT2D eigenvalue weighted by Crippen LogP contribution is -2.55. The van der Waals surface area contributed by atoms with Gasteiger partial charge in [0.1, 0.15) is 11.9 Å². The average Bonchev–Trinajstić information content (AvgIpc) is 2.87. The SMILES string of the molecule is Cc1cc(C(=O)N2CC(OC(=O)Nc3ccccn3)C2)ccc1NS(=O)c1cccc2cccnc12. The van der Waals surface area contributed by atoms with Crippen LogP contribution in [-0.2, 0) is 15.7 Å².